The van der Waals surface area contributed by atoms with E-state index in [1.165, 1.54) is 0 Å². The number of aromatic nitrogens is 1. The monoisotopic (exact) mass is 315 g/mol. The van der Waals surface area contributed by atoms with Crippen molar-refractivity contribution in [3.63, 3.8) is 0 Å². The summed E-state index contributed by atoms with van der Waals surface area (Å²) in [6.45, 7) is 3.45. The number of rotatable bonds is 6. The van der Waals surface area contributed by atoms with Gasteiger partial charge < -0.3 is 10.2 Å². The van der Waals surface area contributed by atoms with E-state index in [4.69, 9.17) is 10.2 Å². The van der Waals surface area contributed by atoms with E-state index >= 15 is 0 Å². The summed E-state index contributed by atoms with van der Waals surface area (Å²) in [4.78, 5) is 3.93. The molecule has 110 valence electrons. The van der Waals surface area contributed by atoms with Gasteiger partial charge in [-0.05, 0) is 32.4 Å². The number of sulfonamides is 1. The van der Waals surface area contributed by atoms with E-state index in [0.29, 0.717) is 18.5 Å². The van der Waals surface area contributed by atoms with E-state index in [2.05, 4.69) is 9.71 Å². The van der Waals surface area contributed by atoms with E-state index in [9.17, 15) is 8.42 Å². The van der Waals surface area contributed by atoms with Gasteiger partial charge in [0.15, 0.2) is 9.34 Å². The van der Waals surface area contributed by atoms with Gasteiger partial charge in [-0.2, -0.15) is 0 Å². The van der Waals surface area contributed by atoms with Crippen molar-refractivity contribution in [1.82, 2.24) is 9.71 Å². The maximum Gasteiger partial charge on any atom is 0.252 e. The molecule has 0 spiro atoms. The van der Waals surface area contributed by atoms with E-state index < -0.39 is 10.0 Å². The van der Waals surface area contributed by atoms with Gasteiger partial charge in [0.25, 0.3) is 10.0 Å². The minimum absolute atomic E-state index is 0.180. The molecule has 20 heavy (non-hydrogen) atoms. The van der Waals surface area contributed by atoms with E-state index in [1.807, 2.05) is 19.1 Å². The van der Waals surface area contributed by atoms with Crippen molar-refractivity contribution in [1.29, 1.82) is 0 Å². The normalized spacial score (nSPS) is 13.5. The minimum Gasteiger partial charge on any atom is -0.469 e. The summed E-state index contributed by atoms with van der Waals surface area (Å²) in [7, 11) is -3.56. The molecule has 6 nitrogen and oxygen atoms in total. The van der Waals surface area contributed by atoms with Crippen LogP contribution in [-0.2, 0) is 16.4 Å². The second-order valence-electron chi connectivity index (χ2n) is 4.57. The largest absolute Gasteiger partial charge is 0.469 e. The van der Waals surface area contributed by atoms with Gasteiger partial charge in [-0.25, -0.2) is 18.1 Å². The predicted octanol–water partition coefficient (Wildman–Crippen LogP) is 1.93. The van der Waals surface area contributed by atoms with Crippen LogP contribution in [0.3, 0.4) is 0 Å². The number of nitrogens with one attached hydrogen (secondary N) is 1. The first kappa shape index (κ1) is 15.0. The van der Waals surface area contributed by atoms with E-state index in [-0.39, 0.29) is 15.4 Å². The first-order valence-electron chi connectivity index (χ1n) is 6.16. The third kappa shape index (κ3) is 3.59. The molecule has 0 amide bonds. The summed E-state index contributed by atoms with van der Waals surface area (Å²) in [5, 5.41) is 0.256. The number of hydrogen-bond acceptors (Lipinski definition) is 6. The van der Waals surface area contributed by atoms with Gasteiger partial charge in [0.1, 0.15) is 5.76 Å². The maximum atomic E-state index is 12.2. The molecule has 0 aliphatic rings. The van der Waals surface area contributed by atoms with Gasteiger partial charge in [-0.1, -0.05) is 11.3 Å². The smallest absolute Gasteiger partial charge is 0.252 e. The Labute approximate surface area is 122 Å². The zero-order chi connectivity index (χ0) is 14.8. The first-order chi connectivity index (χ1) is 9.38. The molecule has 3 N–H and O–H groups in total. The van der Waals surface area contributed by atoms with Crippen LogP contribution in [0.25, 0.3) is 0 Å². The number of nitrogens with zero attached hydrogens (tertiary/aromatic N) is 1. The maximum absolute atomic E-state index is 12.2. The number of furan rings is 1. The molecule has 1 atom stereocenters. The number of nitrogens with two attached hydrogens (primary N) is 1. The van der Waals surface area contributed by atoms with Crippen LogP contribution >= 0.6 is 11.3 Å². The van der Waals surface area contributed by atoms with Crippen molar-refractivity contribution in [2.24, 2.45) is 0 Å². The SMILES string of the molecule is Cc1nc(N)sc1S(=O)(=O)NC(C)CCc1ccco1. The Balaban J connectivity index is 1.99. The number of aryl methyl sites for hydroxylation is 2. The average Bonchev–Trinajstić information content (AvgIpc) is 2.95. The lowest BCUT2D eigenvalue weighted by Crippen LogP contribution is -2.32. The van der Waals surface area contributed by atoms with Crippen LogP contribution in [0.1, 0.15) is 24.8 Å². The molecule has 2 heterocycles. The van der Waals surface area contributed by atoms with Gasteiger partial charge in [-0.3, -0.25) is 0 Å². The third-order valence-electron chi connectivity index (χ3n) is 2.77. The molecule has 0 aliphatic carbocycles. The molecule has 0 fully saturated rings. The lowest BCUT2D eigenvalue weighted by Gasteiger charge is -2.12. The highest BCUT2D eigenvalue weighted by molar-refractivity contribution is 7.91. The Morgan fingerprint density at radius 2 is 2.30 bits per heavy atom. The third-order valence-corrected chi connectivity index (χ3v) is 5.96. The Hall–Kier alpha value is -1.38. The molecule has 0 aromatic carbocycles. The summed E-state index contributed by atoms with van der Waals surface area (Å²) >= 11 is 0.977. The zero-order valence-corrected chi connectivity index (χ0v) is 12.9. The second-order valence-corrected chi connectivity index (χ2v) is 7.51. The van der Waals surface area contributed by atoms with Crippen LogP contribution < -0.4 is 10.5 Å². The van der Waals surface area contributed by atoms with E-state index in [0.717, 1.165) is 17.1 Å². The Bertz CT molecular complexity index is 662. The summed E-state index contributed by atoms with van der Waals surface area (Å²) in [5.74, 6) is 0.842. The summed E-state index contributed by atoms with van der Waals surface area (Å²) in [6.07, 6.45) is 2.94. The van der Waals surface area contributed by atoms with Crippen LogP contribution in [0.4, 0.5) is 5.13 Å². The van der Waals surface area contributed by atoms with Crippen LogP contribution in [0.15, 0.2) is 27.0 Å². The molecule has 0 aliphatic heterocycles. The van der Waals surface area contributed by atoms with Crippen molar-refractivity contribution in [3.8, 4) is 0 Å². The molecule has 1 unspecified atom stereocenters. The fourth-order valence-corrected chi connectivity index (χ4v) is 4.44. The number of thiazole rings is 1. The predicted molar refractivity (Wildman–Crippen MR) is 78.1 cm³/mol. The second kappa shape index (κ2) is 5.94. The Morgan fingerprint density at radius 1 is 1.55 bits per heavy atom. The van der Waals surface area contributed by atoms with Crippen LogP contribution in [0, 0.1) is 6.92 Å². The number of anilines is 1. The molecule has 0 bridgehead atoms. The lowest BCUT2D eigenvalue weighted by atomic mass is 10.2. The van der Waals surface area contributed by atoms with Gasteiger partial charge in [0, 0.05) is 12.5 Å². The fraction of sp³-hybridized carbons (Fsp3) is 0.417. The molecule has 2 rings (SSSR count). The summed E-state index contributed by atoms with van der Waals surface area (Å²) in [5.41, 5.74) is 5.96. The van der Waals surface area contributed by atoms with Gasteiger partial charge in [-0.15, -0.1) is 0 Å². The number of hydrogen-bond donors (Lipinski definition) is 2. The molecule has 2 aromatic rings. The standard InChI is InChI=1S/C12H17N3O3S2/c1-8(5-6-10-4-3-7-18-10)15-20(16,17)11-9(2)14-12(13)19-11/h3-4,7-8,15H,5-6H2,1-2H3,(H2,13,14). The fourth-order valence-electron chi connectivity index (χ4n) is 1.84. The van der Waals surface area contributed by atoms with Crippen LogP contribution in [0.5, 0.6) is 0 Å². The molecular weight excluding hydrogens is 298 g/mol. The molecule has 8 heteroatoms. The Kier molecular flexibility index (Phi) is 4.46. The van der Waals surface area contributed by atoms with Crippen molar-refractivity contribution < 1.29 is 12.8 Å². The van der Waals surface area contributed by atoms with Crippen LogP contribution in [0.2, 0.25) is 0 Å². The number of nitrogen functional groups attached to an aromatic ring is 1. The first-order valence-corrected chi connectivity index (χ1v) is 8.46. The van der Waals surface area contributed by atoms with Gasteiger partial charge in [0.05, 0.1) is 12.0 Å². The average molecular weight is 315 g/mol. The highest BCUT2D eigenvalue weighted by atomic mass is 32.2. The zero-order valence-electron chi connectivity index (χ0n) is 11.3. The van der Waals surface area contributed by atoms with Crippen molar-refractivity contribution in [3.05, 3.63) is 29.9 Å². The van der Waals surface area contributed by atoms with Gasteiger partial charge in [0.2, 0.25) is 0 Å². The minimum atomic E-state index is -3.56. The van der Waals surface area contributed by atoms with E-state index in [1.54, 1.807) is 13.2 Å². The van der Waals surface area contributed by atoms with Gasteiger partial charge >= 0.3 is 0 Å². The molecule has 0 radical (unpaired) electrons. The molecule has 2 aromatic heterocycles. The van der Waals surface area contributed by atoms with Crippen molar-refractivity contribution in [2.75, 3.05) is 5.73 Å². The highest BCUT2D eigenvalue weighted by Gasteiger charge is 2.23. The quantitative estimate of drug-likeness (QED) is 0.848. The lowest BCUT2D eigenvalue weighted by molar-refractivity contribution is 0.480. The highest BCUT2D eigenvalue weighted by Crippen LogP contribution is 2.25. The molecule has 0 saturated carbocycles. The summed E-state index contributed by atoms with van der Waals surface area (Å²) < 4.78 is 32.5. The molecule has 0 saturated heterocycles. The molecular formula is C12H17N3O3S2. The topological polar surface area (TPSA) is 98.2 Å². The van der Waals surface area contributed by atoms with Crippen LogP contribution in [-0.4, -0.2) is 19.4 Å². The van der Waals surface area contributed by atoms with Crippen molar-refractivity contribution in [2.45, 2.75) is 36.9 Å². The Morgan fingerprint density at radius 3 is 2.85 bits per heavy atom. The van der Waals surface area contributed by atoms with Crippen molar-refractivity contribution >= 4 is 26.5 Å². The summed E-state index contributed by atoms with van der Waals surface area (Å²) in [6, 6.07) is 3.48.